The van der Waals surface area contributed by atoms with E-state index >= 15 is 0 Å². The molecule has 1 N–H and O–H groups in total. The molecule has 1 saturated carbocycles. The highest BCUT2D eigenvalue weighted by molar-refractivity contribution is 7.89. The van der Waals surface area contributed by atoms with Gasteiger partial charge < -0.3 is 10.0 Å². The summed E-state index contributed by atoms with van der Waals surface area (Å²) in [5, 5.41) is 18.2. The van der Waals surface area contributed by atoms with Crippen LogP contribution in [0.2, 0.25) is 0 Å². The highest BCUT2D eigenvalue weighted by atomic mass is 32.2. The maximum Gasteiger partial charge on any atom is 0.304 e. The Balaban J connectivity index is 1.28. The SMILES string of the molecule is Cc1ccc([C@H](CC(=O)O)c2ccc3c(nnn3CC3CC3)c2C(F)F)cc1CN1CC2CCCN2c2ncccc2S1(=O)=O. The molecule has 1 unspecified atom stereocenters. The fourth-order valence-electron chi connectivity index (χ4n) is 6.86. The van der Waals surface area contributed by atoms with E-state index in [1.165, 1.54) is 4.31 Å². The number of aryl methyl sites for hydroxylation is 1. The number of carbonyl (C=O) groups is 1. The quantitative estimate of drug-likeness (QED) is 0.264. The molecule has 45 heavy (non-hydrogen) atoms. The number of sulfonamides is 1. The number of rotatable bonds is 9. The van der Waals surface area contributed by atoms with Gasteiger partial charge in [-0.1, -0.05) is 29.5 Å². The first-order valence-electron chi connectivity index (χ1n) is 15.3. The van der Waals surface area contributed by atoms with Crippen LogP contribution in [0.5, 0.6) is 0 Å². The third-order valence-corrected chi connectivity index (χ3v) is 11.2. The lowest BCUT2D eigenvalue weighted by Gasteiger charge is -2.26. The smallest absolute Gasteiger partial charge is 0.304 e. The normalized spacial score (nSPS) is 20.3. The fourth-order valence-corrected chi connectivity index (χ4v) is 8.47. The van der Waals surface area contributed by atoms with E-state index < -0.39 is 34.8 Å². The second kappa shape index (κ2) is 11.4. The molecule has 13 heteroatoms. The molecule has 2 aromatic carbocycles. The van der Waals surface area contributed by atoms with Gasteiger partial charge in [0, 0.05) is 44.3 Å². The van der Waals surface area contributed by atoms with E-state index in [1.807, 2.05) is 6.92 Å². The molecule has 2 atom stereocenters. The number of hydrogen-bond acceptors (Lipinski definition) is 7. The number of aliphatic carboxylic acids is 1. The predicted molar refractivity (Wildman–Crippen MR) is 163 cm³/mol. The van der Waals surface area contributed by atoms with E-state index in [4.69, 9.17) is 0 Å². The van der Waals surface area contributed by atoms with E-state index in [1.54, 1.807) is 53.3 Å². The molecular weight excluding hydrogens is 602 g/mol. The molecule has 236 valence electrons. The number of nitrogens with zero attached hydrogens (tertiary/aromatic N) is 6. The zero-order valence-corrected chi connectivity index (χ0v) is 25.6. The van der Waals surface area contributed by atoms with Gasteiger partial charge in [0.2, 0.25) is 10.0 Å². The molecule has 0 amide bonds. The van der Waals surface area contributed by atoms with Crippen molar-refractivity contribution in [3.05, 3.63) is 76.5 Å². The third-order valence-electron chi connectivity index (χ3n) is 9.42. The lowest BCUT2D eigenvalue weighted by atomic mass is 9.84. The fraction of sp³-hybridized carbons (Fsp3) is 0.438. The Morgan fingerprint density at radius 3 is 2.71 bits per heavy atom. The molecule has 2 fully saturated rings. The summed E-state index contributed by atoms with van der Waals surface area (Å²) in [6.07, 6.45) is 2.19. The number of pyridine rings is 1. The summed E-state index contributed by atoms with van der Waals surface area (Å²) in [6.45, 7) is 3.54. The molecule has 7 rings (SSSR count). The Bertz CT molecular complexity index is 1890. The Labute approximate surface area is 259 Å². The third kappa shape index (κ3) is 5.45. The molecule has 2 aromatic heterocycles. The maximum absolute atomic E-state index is 14.8. The Morgan fingerprint density at radius 1 is 1.13 bits per heavy atom. The molecule has 1 saturated heterocycles. The van der Waals surface area contributed by atoms with E-state index in [9.17, 15) is 27.1 Å². The number of aromatic nitrogens is 4. The summed E-state index contributed by atoms with van der Waals surface area (Å²) in [6, 6.07) is 11.8. The van der Waals surface area contributed by atoms with Crippen molar-refractivity contribution in [2.45, 2.75) is 75.4 Å². The van der Waals surface area contributed by atoms with Gasteiger partial charge >= 0.3 is 5.97 Å². The topological polar surface area (TPSA) is 122 Å². The number of anilines is 1. The Hall–Kier alpha value is -3.97. The van der Waals surface area contributed by atoms with Crippen molar-refractivity contribution in [2.24, 2.45) is 5.92 Å². The van der Waals surface area contributed by atoms with Crippen LogP contribution in [0.25, 0.3) is 11.0 Å². The van der Waals surface area contributed by atoms with Gasteiger partial charge in [-0.3, -0.25) is 4.79 Å². The van der Waals surface area contributed by atoms with Crippen molar-refractivity contribution in [3.8, 4) is 0 Å². The monoisotopic (exact) mass is 636 g/mol. The number of carboxylic acid groups (broad SMARTS) is 1. The minimum atomic E-state index is -3.91. The number of halogens is 2. The first kappa shape index (κ1) is 29.7. The van der Waals surface area contributed by atoms with E-state index in [0.29, 0.717) is 34.9 Å². The average Bonchev–Trinajstić information content (AvgIpc) is 3.58. The highest BCUT2D eigenvalue weighted by Crippen LogP contribution is 2.41. The Kier molecular flexibility index (Phi) is 7.55. The highest BCUT2D eigenvalue weighted by Gasteiger charge is 2.40. The second-order valence-electron chi connectivity index (χ2n) is 12.4. The lowest BCUT2D eigenvalue weighted by molar-refractivity contribution is -0.137. The molecule has 4 heterocycles. The lowest BCUT2D eigenvalue weighted by Crippen LogP contribution is -2.39. The van der Waals surface area contributed by atoms with E-state index in [-0.39, 0.29) is 40.7 Å². The molecule has 0 bridgehead atoms. The summed E-state index contributed by atoms with van der Waals surface area (Å²) < 4.78 is 60.5. The minimum Gasteiger partial charge on any atom is -0.481 e. The molecule has 0 radical (unpaired) electrons. The first-order valence-corrected chi connectivity index (χ1v) is 16.7. The standard InChI is InChI=1S/C32H34F2N6O4S/c1-19-6-9-21(14-22(19)17-38-18-23-4-3-13-39(23)32-27(45(38,43)44)5-2-12-35-32)25(15-28(41)42)24-10-11-26-30(29(24)31(33)34)36-37-40(26)16-20-7-8-20/h2,5-6,9-12,14,20,23,25,31H,3-4,7-8,13,15-18H2,1H3,(H,41,42)/t23?,25-/m0/s1. The maximum atomic E-state index is 14.8. The van der Waals surface area contributed by atoms with Crippen LogP contribution in [0.15, 0.2) is 53.6 Å². The van der Waals surface area contributed by atoms with Gasteiger partial charge in [-0.25, -0.2) is 26.9 Å². The van der Waals surface area contributed by atoms with Gasteiger partial charge in [-0.15, -0.1) is 5.10 Å². The van der Waals surface area contributed by atoms with Crippen molar-refractivity contribution in [1.29, 1.82) is 0 Å². The molecule has 0 spiro atoms. The van der Waals surface area contributed by atoms with Gasteiger partial charge in [0.25, 0.3) is 6.43 Å². The molecule has 3 aliphatic rings. The number of alkyl halides is 2. The van der Waals surface area contributed by atoms with Crippen molar-refractivity contribution < 1.29 is 27.1 Å². The van der Waals surface area contributed by atoms with E-state index in [2.05, 4.69) is 20.2 Å². The summed E-state index contributed by atoms with van der Waals surface area (Å²) >= 11 is 0. The number of hydrogen-bond donors (Lipinski definition) is 1. The largest absolute Gasteiger partial charge is 0.481 e. The van der Waals surface area contributed by atoms with Gasteiger partial charge in [0.1, 0.15) is 16.2 Å². The van der Waals surface area contributed by atoms with Crippen LogP contribution >= 0.6 is 0 Å². The zero-order valence-electron chi connectivity index (χ0n) is 24.8. The minimum absolute atomic E-state index is 0.0205. The van der Waals surface area contributed by atoms with Crippen molar-refractivity contribution in [1.82, 2.24) is 24.3 Å². The summed E-state index contributed by atoms with van der Waals surface area (Å²) in [4.78, 5) is 18.8. The summed E-state index contributed by atoms with van der Waals surface area (Å²) in [5.74, 6) is -1.12. The van der Waals surface area contributed by atoms with Crippen LogP contribution in [0, 0.1) is 12.8 Å². The number of benzene rings is 2. The molecule has 10 nitrogen and oxygen atoms in total. The molecular formula is C32H34F2N6O4S. The van der Waals surface area contributed by atoms with Crippen LogP contribution < -0.4 is 4.90 Å². The van der Waals surface area contributed by atoms with Gasteiger partial charge in [-0.05, 0) is 79.0 Å². The van der Waals surface area contributed by atoms with Crippen LogP contribution in [0.4, 0.5) is 14.6 Å². The Morgan fingerprint density at radius 2 is 1.96 bits per heavy atom. The van der Waals surface area contributed by atoms with Crippen LogP contribution in [0.3, 0.4) is 0 Å². The van der Waals surface area contributed by atoms with Crippen LogP contribution in [0.1, 0.15) is 72.3 Å². The van der Waals surface area contributed by atoms with Crippen molar-refractivity contribution in [3.63, 3.8) is 0 Å². The summed E-state index contributed by atoms with van der Waals surface area (Å²) in [5.41, 5.74) is 2.45. The van der Waals surface area contributed by atoms with Gasteiger partial charge in [-0.2, -0.15) is 4.31 Å². The summed E-state index contributed by atoms with van der Waals surface area (Å²) in [7, 11) is -3.91. The van der Waals surface area contributed by atoms with Gasteiger partial charge in [0.15, 0.2) is 0 Å². The predicted octanol–water partition coefficient (Wildman–Crippen LogP) is 5.26. The van der Waals surface area contributed by atoms with Gasteiger partial charge in [0.05, 0.1) is 17.5 Å². The second-order valence-corrected chi connectivity index (χ2v) is 14.3. The number of fused-ring (bicyclic) bond motifs is 4. The average molecular weight is 637 g/mol. The molecule has 2 aliphatic heterocycles. The first-order chi connectivity index (χ1) is 21.6. The zero-order chi connectivity index (χ0) is 31.5. The van der Waals surface area contributed by atoms with Crippen LogP contribution in [-0.2, 0) is 27.9 Å². The molecule has 4 aromatic rings. The number of carboxylic acids is 1. The molecule has 1 aliphatic carbocycles. The van der Waals surface area contributed by atoms with Crippen LogP contribution in [-0.4, -0.2) is 62.9 Å². The van der Waals surface area contributed by atoms with Crippen molar-refractivity contribution >= 4 is 32.8 Å². The van der Waals surface area contributed by atoms with Crippen molar-refractivity contribution in [2.75, 3.05) is 18.0 Å². The van der Waals surface area contributed by atoms with E-state index in [0.717, 1.165) is 37.8 Å².